The minimum Gasteiger partial charge on any atom is -0.393 e. The molecule has 108 valence electrons. The van der Waals surface area contributed by atoms with Gasteiger partial charge in [0, 0.05) is 6.42 Å². The fourth-order valence-electron chi connectivity index (χ4n) is 1.83. The fraction of sp³-hybridized carbons (Fsp3) is 0.929. The van der Waals surface area contributed by atoms with E-state index in [4.69, 9.17) is 9.78 Å². The third kappa shape index (κ3) is 6.97. The molecule has 0 aromatic heterocycles. The number of carbonyl (C=O) groups excluding carboxylic acids is 1. The molecule has 4 nitrogen and oxygen atoms in total. The van der Waals surface area contributed by atoms with E-state index < -0.39 is 11.7 Å². The van der Waals surface area contributed by atoms with Crippen molar-refractivity contribution in [3.8, 4) is 0 Å². The molecule has 18 heavy (non-hydrogen) atoms. The maximum atomic E-state index is 11.6. The van der Waals surface area contributed by atoms with Crippen molar-refractivity contribution in [3.63, 3.8) is 0 Å². The second-order valence-corrected chi connectivity index (χ2v) is 6.22. The zero-order chi connectivity index (χ0) is 14.4. The van der Waals surface area contributed by atoms with Crippen molar-refractivity contribution in [1.29, 1.82) is 0 Å². The highest BCUT2D eigenvalue weighted by molar-refractivity contribution is 5.69. The summed E-state index contributed by atoms with van der Waals surface area (Å²) in [7, 11) is 0. The van der Waals surface area contributed by atoms with Gasteiger partial charge >= 0.3 is 5.97 Å². The lowest BCUT2D eigenvalue weighted by atomic mass is 9.91. The van der Waals surface area contributed by atoms with Gasteiger partial charge in [0.25, 0.3) is 0 Å². The van der Waals surface area contributed by atoms with Gasteiger partial charge in [0.2, 0.25) is 0 Å². The summed E-state index contributed by atoms with van der Waals surface area (Å²) in [5.41, 5.74) is -0.701. The number of hydrogen-bond donors (Lipinski definition) is 1. The van der Waals surface area contributed by atoms with E-state index >= 15 is 0 Å². The molecule has 0 aromatic rings. The zero-order valence-electron chi connectivity index (χ0n) is 12.6. The quantitative estimate of drug-likeness (QED) is 0.564. The van der Waals surface area contributed by atoms with E-state index in [2.05, 4.69) is 0 Å². The molecule has 0 fully saturated rings. The van der Waals surface area contributed by atoms with Crippen LogP contribution in [0, 0.1) is 5.41 Å². The van der Waals surface area contributed by atoms with E-state index in [1.807, 2.05) is 34.6 Å². The normalized spacial score (nSPS) is 14.4. The number of carbonyl (C=O) groups is 1. The molecule has 1 N–H and O–H groups in total. The molecule has 0 spiro atoms. The van der Waals surface area contributed by atoms with Gasteiger partial charge in [0.15, 0.2) is 0 Å². The number of rotatable bonds is 7. The summed E-state index contributed by atoms with van der Waals surface area (Å²) in [6.45, 7) is 11.5. The maximum absolute atomic E-state index is 11.6. The minimum atomic E-state index is -0.582. The SMILES string of the molecule is CCC(CC)(CC(C)O)OOC(=O)CC(C)(C)C. The lowest BCUT2D eigenvalue weighted by molar-refractivity contribution is -0.340. The molecule has 0 amide bonds. The summed E-state index contributed by atoms with van der Waals surface area (Å²) in [5, 5.41) is 9.48. The monoisotopic (exact) mass is 260 g/mol. The predicted octanol–water partition coefficient (Wildman–Crippen LogP) is 3.23. The average molecular weight is 260 g/mol. The molecule has 0 radical (unpaired) electrons. The van der Waals surface area contributed by atoms with E-state index in [-0.39, 0.29) is 11.4 Å². The van der Waals surface area contributed by atoms with Crippen LogP contribution in [0.3, 0.4) is 0 Å². The van der Waals surface area contributed by atoms with Crippen LogP contribution in [0.4, 0.5) is 0 Å². The zero-order valence-corrected chi connectivity index (χ0v) is 12.6. The van der Waals surface area contributed by atoms with Gasteiger partial charge in [-0.15, -0.1) is 0 Å². The highest BCUT2D eigenvalue weighted by atomic mass is 17.2. The van der Waals surface area contributed by atoms with Crippen LogP contribution in [0.25, 0.3) is 0 Å². The Labute approximate surface area is 111 Å². The Kier molecular flexibility index (Phi) is 6.86. The van der Waals surface area contributed by atoms with E-state index in [0.717, 1.165) is 0 Å². The van der Waals surface area contributed by atoms with Crippen LogP contribution < -0.4 is 0 Å². The van der Waals surface area contributed by atoms with E-state index in [0.29, 0.717) is 25.7 Å². The fourth-order valence-corrected chi connectivity index (χ4v) is 1.83. The highest BCUT2D eigenvalue weighted by Gasteiger charge is 2.32. The van der Waals surface area contributed by atoms with Crippen molar-refractivity contribution in [3.05, 3.63) is 0 Å². The first kappa shape index (κ1) is 17.4. The van der Waals surface area contributed by atoms with Gasteiger partial charge < -0.3 is 5.11 Å². The number of hydrogen-bond acceptors (Lipinski definition) is 4. The topological polar surface area (TPSA) is 55.8 Å². The van der Waals surface area contributed by atoms with Gasteiger partial charge in [-0.25, -0.2) is 4.79 Å². The summed E-state index contributed by atoms with van der Waals surface area (Å²) in [5.74, 6) is -0.362. The third-order valence-corrected chi connectivity index (χ3v) is 2.94. The number of aliphatic hydroxyl groups is 1. The van der Waals surface area contributed by atoms with Crippen LogP contribution in [-0.2, 0) is 14.6 Å². The summed E-state index contributed by atoms with van der Waals surface area (Å²) in [6, 6.07) is 0. The van der Waals surface area contributed by atoms with Crippen molar-refractivity contribution in [2.45, 2.75) is 78.9 Å². The summed E-state index contributed by atoms with van der Waals surface area (Å²) < 4.78 is 0. The van der Waals surface area contributed by atoms with Crippen LogP contribution in [-0.4, -0.2) is 22.8 Å². The van der Waals surface area contributed by atoms with Gasteiger partial charge in [0.05, 0.1) is 12.5 Å². The summed E-state index contributed by atoms with van der Waals surface area (Å²) in [4.78, 5) is 21.9. The van der Waals surface area contributed by atoms with Crippen LogP contribution >= 0.6 is 0 Å². The van der Waals surface area contributed by atoms with Crippen molar-refractivity contribution in [2.75, 3.05) is 0 Å². The second kappa shape index (κ2) is 7.10. The molecule has 0 bridgehead atoms. The van der Waals surface area contributed by atoms with Crippen molar-refractivity contribution < 1.29 is 19.7 Å². The van der Waals surface area contributed by atoms with Crippen LogP contribution in [0.5, 0.6) is 0 Å². The molecule has 0 saturated heterocycles. The van der Waals surface area contributed by atoms with E-state index in [1.165, 1.54) is 0 Å². The molecule has 0 rings (SSSR count). The first-order valence-electron chi connectivity index (χ1n) is 6.70. The second-order valence-electron chi connectivity index (χ2n) is 6.22. The standard InChI is InChI=1S/C14H28O4/c1-7-14(8-2,9-11(3)15)18-17-12(16)10-13(4,5)6/h11,15H,7-10H2,1-6H3. The van der Waals surface area contributed by atoms with E-state index in [9.17, 15) is 9.90 Å². The van der Waals surface area contributed by atoms with Crippen LogP contribution in [0.1, 0.15) is 67.2 Å². The molecule has 0 aliphatic rings. The molecule has 1 atom stereocenters. The molecule has 0 aromatic carbocycles. The molecule has 0 saturated carbocycles. The smallest absolute Gasteiger partial charge is 0.342 e. The van der Waals surface area contributed by atoms with E-state index in [1.54, 1.807) is 6.92 Å². The Morgan fingerprint density at radius 2 is 1.72 bits per heavy atom. The third-order valence-electron chi connectivity index (χ3n) is 2.94. The highest BCUT2D eigenvalue weighted by Crippen LogP contribution is 2.28. The Hall–Kier alpha value is -0.610. The lowest BCUT2D eigenvalue weighted by Gasteiger charge is -2.30. The van der Waals surface area contributed by atoms with Gasteiger partial charge in [0.1, 0.15) is 5.60 Å². The predicted molar refractivity (Wildman–Crippen MR) is 70.9 cm³/mol. The Balaban J connectivity index is 4.39. The first-order valence-corrected chi connectivity index (χ1v) is 6.70. The Bertz CT molecular complexity index is 249. The molecular formula is C14H28O4. The number of aliphatic hydroxyl groups excluding tert-OH is 1. The average Bonchev–Trinajstić information content (AvgIpc) is 2.21. The largest absolute Gasteiger partial charge is 0.393 e. The van der Waals surface area contributed by atoms with Gasteiger partial charge in [-0.3, -0.25) is 4.89 Å². The van der Waals surface area contributed by atoms with Crippen molar-refractivity contribution in [1.82, 2.24) is 0 Å². The van der Waals surface area contributed by atoms with Gasteiger partial charge in [-0.2, -0.15) is 4.89 Å². The van der Waals surface area contributed by atoms with Crippen molar-refractivity contribution >= 4 is 5.97 Å². The van der Waals surface area contributed by atoms with Crippen molar-refractivity contribution in [2.24, 2.45) is 5.41 Å². The Morgan fingerprint density at radius 1 is 1.22 bits per heavy atom. The van der Waals surface area contributed by atoms with Crippen LogP contribution in [0.15, 0.2) is 0 Å². The van der Waals surface area contributed by atoms with Gasteiger partial charge in [-0.05, 0) is 25.2 Å². The lowest BCUT2D eigenvalue weighted by Crippen LogP contribution is -2.36. The molecular weight excluding hydrogens is 232 g/mol. The Morgan fingerprint density at radius 3 is 2.06 bits per heavy atom. The molecule has 0 aliphatic carbocycles. The molecule has 0 heterocycles. The summed E-state index contributed by atoms with van der Waals surface area (Å²) in [6.07, 6.45) is 1.67. The van der Waals surface area contributed by atoms with Gasteiger partial charge in [-0.1, -0.05) is 34.6 Å². The molecule has 1 unspecified atom stereocenters. The maximum Gasteiger partial charge on any atom is 0.342 e. The minimum absolute atomic E-state index is 0.119. The first-order chi connectivity index (χ1) is 8.14. The molecule has 0 aliphatic heterocycles. The molecule has 4 heteroatoms. The van der Waals surface area contributed by atoms with Crippen LogP contribution in [0.2, 0.25) is 0 Å². The summed E-state index contributed by atoms with van der Waals surface area (Å²) >= 11 is 0.